The molecule has 0 spiro atoms. The number of carboxylic acids is 1. The number of H-pyrrole nitrogens is 1. The molecule has 1 fully saturated rings. The molecule has 6 N–H and O–H groups in total. The molecule has 62 heavy (non-hydrogen) atoms. The number of ether oxygens (including phenoxy) is 1. The summed E-state index contributed by atoms with van der Waals surface area (Å²) in [6, 6.07) is 11.1. The van der Waals surface area contributed by atoms with Crippen LogP contribution in [0.1, 0.15) is 85.5 Å². The number of alkyl halides is 1. The van der Waals surface area contributed by atoms with E-state index in [1.54, 1.807) is 12.1 Å². The Morgan fingerprint density at radius 1 is 1.16 bits per heavy atom. The number of hydrogen-bond donors (Lipinski definition) is 6. The van der Waals surface area contributed by atoms with Crippen molar-refractivity contribution in [2.75, 3.05) is 26.8 Å². The van der Waals surface area contributed by atoms with E-state index in [4.69, 9.17) is 33.3 Å². The molecule has 5 unspecified atom stereocenters. The number of amidine groups is 1. The average Bonchev–Trinajstić information content (AvgIpc) is 3.78. The standard InChI is InChI=1S/C27H43ClN4OS.C20H19ClN2O3.C2H6/c1-16(14-17(2)31-27(7,8)15-33)19(4)32(21(6)30-9)26-24(18(3)20(5)34-26)25(29)22-10-12-23(28)13-11-22;1-12(2)22-7-8-26-14-5-3-13(4-6-14)15-9-16-17(20(24)25)11-23-19(16)10-18(15)21;1-2/h10-12,16,18,20,23-24,26,29,31,33H,2,4,13-15H2,1,3,5-9H3;3-6,9-11,22-23H,1,7-8H2,2H3,(H,24,25);1-2H3/t16-,18?,20?,23?,24?,26?;;/m0../s1. The molecule has 6 atom stereocenters. The van der Waals surface area contributed by atoms with Gasteiger partial charge in [-0.25, -0.2) is 4.79 Å². The molecule has 1 aromatic heterocycles. The van der Waals surface area contributed by atoms with E-state index in [2.05, 4.69) is 72.1 Å². The summed E-state index contributed by atoms with van der Waals surface area (Å²) >= 11 is 14.5. The van der Waals surface area contributed by atoms with Gasteiger partial charge in [-0.3, -0.25) is 4.99 Å². The van der Waals surface area contributed by atoms with Crippen molar-refractivity contribution in [3.63, 3.8) is 0 Å². The Bertz CT molecular complexity index is 2140. The number of aromatic amines is 1. The molecule has 0 bridgehead atoms. The molecule has 338 valence electrons. The van der Waals surface area contributed by atoms with E-state index in [1.165, 1.54) is 6.20 Å². The number of halogens is 2. The minimum Gasteiger partial charge on any atom is -0.492 e. The Morgan fingerprint density at radius 2 is 1.82 bits per heavy atom. The quantitative estimate of drug-likeness (QED) is 0.0340. The van der Waals surface area contributed by atoms with Gasteiger partial charge in [-0.2, -0.15) is 0 Å². The van der Waals surface area contributed by atoms with Crippen LogP contribution in [0.15, 0.2) is 108 Å². The van der Waals surface area contributed by atoms with Gasteiger partial charge in [-0.15, -0.1) is 23.4 Å². The number of aliphatic hydroxyl groups excluding tert-OH is 1. The highest BCUT2D eigenvalue weighted by Crippen LogP contribution is 2.48. The summed E-state index contributed by atoms with van der Waals surface area (Å²) in [6.45, 7) is 32.2. The van der Waals surface area contributed by atoms with Gasteiger partial charge in [0, 0.05) is 76.1 Å². The molecule has 0 saturated carbocycles. The molecule has 0 amide bonds. The van der Waals surface area contributed by atoms with E-state index in [0.29, 0.717) is 52.4 Å². The molecule has 10 nitrogen and oxygen atoms in total. The predicted octanol–water partition coefficient (Wildman–Crippen LogP) is 11.7. The van der Waals surface area contributed by atoms with Gasteiger partial charge in [-0.05, 0) is 81.9 Å². The molecule has 1 aliphatic heterocycles. The van der Waals surface area contributed by atoms with Crippen molar-refractivity contribution in [2.45, 2.75) is 96.7 Å². The maximum Gasteiger partial charge on any atom is 0.337 e. The molecule has 13 heteroatoms. The third kappa shape index (κ3) is 13.8. The first-order chi connectivity index (χ1) is 29.3. The monoisotopic (exact) mass is 906 g/mol. The number of benzene rings is 2. The van der Waals surface area contributed by atoms with Crippen molar-refractivity contribution < 1.29 is 19.7 Å². The smallest absolute Gasteiger partial charge is 0.337 e. The Kier molecular flexibility index (Phi) is 20.0. The summed E-state index contributed by atoms with van der Waals surface area (Å²) in [5.41, 5.74) is 6.55. The van der Waals surface area contributed by atoms with Crippen LogP contribution < -0.4 is 15.4 Å². The summed E-state index contributed by atoms with van der Waals surface area (Å²) < 4.78 is 5.67. The zero-order valence-electron chi connectivity index (χ0n) is 38.2. The Hall–Kier alpha value is -4.42. The van der Waals surface area contributed by atoms with Crippen LogP contribution in [-0.4, -0.2) is 86.0 Å². The van der Waals surface area contributed by atoms with Gasteiger partial charge in [0.25, 0.3) is 0 Å². The first-order valence-electron chi connectivity index (χ1n) is 21.2. The number of nitrogens with zero attached hydrogens (tertiary/aromatic N) is 2. The lowest BCUT2D eigenvalue weighted by Gasteiger charge is -2.39. The number of thioether (sulfide) groups is 1. The highest BCUT2D eigenvalue weighted by molar-refractivity contribution is 8.00. The number of hydrogen-bond acceptors (Lipinski definition) is 8. The largest absolute Gasteiger partial charge is 0.492 e. The maximum atomic E-state index is 11.3. The van der Waals surface area contributed by atoms with Crippen molar-refractivity contribution in [3.8, 4) is 16.9 Å². The van der Waals surface area contributed by atoms with Crippen LogP contribution in [0.4, 0.5) is 0 Å². The fourth-order valence-electron chi connectivity index (χ4n) is 7.26. The number of aliphatic hydroxyl groups is 1. The maximum absolute atomic E-state index is 11.3. The van der Waals surface area contributed by atoms with Crippen LogP contribution in [0.5, 0.6) is 5.75 Å². The average molecular weight is 908 g/mol. The van der Waals surface area contributed by atoms with Crippen molar-refractivity contribution >= 4 is 63.4 Å². The van der Waals surface area contributed by atoms with E-state index in [0.717, 1.165) is 51.8 Å². The number of nitrogens with one attached hydrogen (secondary N) is 4. The fraction of sp³-hybridized carbons (Fsp3) is 0.449. The van der Waals surface area contributed by atoms with Crippen LogP contribution in [-0.2, 0) is 0 Å². The molecule has 2 heterocycles. The Labute approximate surface area is 384 Å². The van der Waals surface area contributed by atoms with Crippen LogP contribution in [0, 0.1) is 23.2 Å². The van der Waals surface area contributed by atoms with E-state index in [1.807, 2.05) is 96.8 Å². The summed E-state index contributed by atoms with van der Waals surface area (Å²) in [6.07, 6.45) is 9.02. The molecule has 2 aliphatic rings. The van der Waals surface area contributed by atoms with E-state index >= 15 is 0 Å². The van der Waals surface area contributed by atoms with Gasteiger partial charge in [0.1, 0.15) is 18.2 Å². The number of fused-ring (bicyclic) bond motifs is 1. The number of carbonyl (C=O) groups is 1. The fourth-order valence-corrected chi connectivity index (χ4v) is 9.51. The van der Waals surface area contributed by atoms with Crippen molar-refractivity contribution in [2.24, 2.45) is 22.7 Å². The molecule has 1 aliphatic carbocycles. The van der Waals surface area contributed by atoms with Gasteiger partial charge in [-0.1, -0.05) is 96.3 Å². The number of carboxylic acid groups (broad SMARTS) is 1. The van der Waals surface area contributed by atoms with Crippen LogP contribution in [0.3, 0.4) is 0 Å². The number of aromatic carboxylic acids is 1. The molecule has 3 aromatic rings. The normalized spacial score (nSPS) is 20.1. The predicted molar refractivity (Wildman–Crippen MR) is 265 cm³/mol. The number of aliphatic imine (C=N–C) groups is 1. The van der Waals surface area contributed by atoms with Gasteiger partial charge in [0.05, 0.1) is 33.5 Å². The van der Waals surface area contributed by atoms with Crippen molar-refractivity contribution in [1.29, 1.82) is 5.41 Å². The zero-order valence-corrected chi connectivity index (χ0v) is 40.5. The highest BCUT2D eigenvalue weighted by atomic mass is 35.5. The third-order valence-corrected chi connectivity index (χ3v) is 13.2. The number of rotatable bonds is 17. The van der Waals surface area contributed by atoms with Crippen molar-refractivity contribution in [3.05, 3.63) is 114 Å². The number of aromatic nitrogens is 1. The molecule has 2 aromatic carbocycles. The zero-order chi connectivity index (χ0) is 46.5. The van der Waals surface area contributed by atoms with E-state index in [-0.39, 0.29) is 34.8 Å². The third-order valence-electron chi connectivity index (χ3n) is 10.9. The van der Waals surface area contributed by atoms with Gasteiger partial charge < -0.3 is 40.9 Å². The second-order valence-electron chi connectivity index (χ2n) is 16.3. The van der Waals surface area contributed by atoms with E-state index in [9.17, 15) is 15.0 Å². The van der Waals surface area contributed by atoms with Gasteiger partial charge in [0.15, 0.2) is 0 Å². The summed E-state index contributed by atoms with van der Waals surface area (Å²) in [5.74, 6) is 1.16. The lowest BCUT2D eigenvalue weighted by atomic mass is 9.82. The summed E-state index contributed by atoms with van der Waals surface area (Å²) in [4.78, 5) is 21.1. The first kappa shape index (κ1) is 51.9. The van der Waals surface area contributed by atoms with Crippen LogP contribution >= 0.6 is 35.0 Å². The summed E-state index contributed by atoms with van der Waals surface area (Å²) in [7, 11) is 1.81. The van der Waals surface area contributed by atoms with Crippen LogP contribution in [0.2, 0.25) is 5.02 Å². The molecule has 5 rings (SSSR count). The second kappa shape index (κ2) is 23.9. The second-order valence-corrected chi connectivity index (χ2v) is 18.7. The molecular weight excluding hydrogens is 840 g/mol. The summed E-state index contributed by atoms with van der Waals surface area (Å²) in [5, 5.41) is 36.1. The SMILES string of the molecule is C=C(C)NCCOc1ccc(-c2cc3c(C(=O)O)c[nH]c3cc2Cl)cc1.C=C(C[C@H](C)C(=C)N(C(C)=NC)C1SC(C)C(C)C1C(=N)C1=CCC(Cl)C=C1)NC(C)(C)CO.CC. The lowest BCUT2D eigenvalue weighted by Crippen LogP contribution is -2.45. The minimum absolute atomic E-state index is 0.00533. The Morgan fingerprint density at radius 3 is 2.39 bits per heavy atom. The lowest BCUT2D eigenvalue weighted by molar-refractivity contribution is 0.0699. The highest BCUT2D eigenvalue weighted by Gasteiger charge is 2.46. The van der Waals surface area contributed by atoms with E-state index < -0.39 is 11.5 Å². The van der Waals surface area contributed by atoms with Crippen LogP contribution in [0.25, 0.3) is 22.0 Å². The molecular formula is C49H68Cl2N6O4S. The molecule has 0 radical (unpaired) electrons. The van der Waals surface area contributed by atoms with Crippen molar-refractivity contribution in [1.82, 2.24) is 20.5 Å². The first-order valence-corrected chi connectivity index (χ1v) is 23.0. The van der Waals surface area contributed by atoms with Gasteiger partial charge in [0.2, 0.25) is 0 Å². The number of allylic oxidation sites excluding steroid dienone is 7. The molecule has 1 saturated heterocycles. The topological polar surface area (TPSA) is 146 Å². The minimum atomic E-state index is -0.975. The Balaban J connectivity index is 0.000000327. The van der Waals surface area contributed by atoms with Gasteiger partial charge >= 0.3 is 5.97 Å².